The smallest absolute Gasteiger partial charge is 0.264 e. The lowest BCUT2D eigenvalue weighted by Crippen LogP contribution is -2.36. The van der Waals surface area contributed by atoms with Gasteiger partial charge in [-0.25, -0.2) is 8.42 Å². The van der Waals surface area contributed by atoms with Crippen molar-refractivity contribution in [3.05, 3.63) is 59.2 Å². The number of carbonyl (C=O) groups excluding carboxylic acids is 1. The highest BCUT2D eigenvalue weighted by Gasteiger charge is 2.36. The maximum atomic E-state index is 13.2. The normalized spacial score (nSPS) is 19.6. The molecule has 0 bridgehead atoms. The van der Waals surface area contributed by atoms with Crippen LogP contribution >= 0.6 is 0 Å². The number of aryl methyl sites for hydroxylation is 1. The number of hydrogen-bond donors (Lipinski definition) is 0. The van der Waals surface area contributed by atoms with E-state index in [-0.39, 0.29) is 11.9 Å². The molecule has 148 valence electrons. The summed E-state index contributed by atoms with van der Waals surface area (Å²) in [6.07, 6.45) is 3.89. The molecule has 2 aromatic carbocycles. The van der Waals surface area contributed by atoms with Gasteiger partial charge in [-0.3, -0.25) is 9.10 Å². The molecule has 2 heterocycles. The van der Waals surface area contributed by atoms with Crippen molar-refractivity contribution < 1.29 is 13.2 Å². The van der Waals surface area contributed by atoms with Crippen molar-refractivity contribution in [2.45, 2.75) is 50.5 Å². The highest BCUT2D eigenvalue weighted by Crippen LogP contribution is 2.37. The number of rotatable bonds is 3. The molecule has 4 rings (SSSR count). The van der Waals surface area contributed by atoms with Crippen molar-refractivity contribution in [3.63, 3.8) is 0 Å². The van der Waals surface area contributed by atoms with Gasteiger partial charge in [-0.05, 0) is 75.4 Å². The molecule has 2 aromatic rings. The van der Waals surface area contributed by atoms with E-state index in [2.05, 4.69) is 0 Å². The van der Waals surface area contributed by atoms with Gasteiger partial charge < -0.3 is 4.90 Å². The Morgan fingerprint density at radius 1 is 1.00 bits per heavy atom. The number of hydrogen-bond acceptors (Lipinski definition) is 3. The molecule has 0 unspecified atom stereocenters. The standard InChI is InChI=1S/C22H26N2O3S/c1-16-6-9-20(10-7-16)28(26,27)24-17(2)14-19-15-18(8-11-21(19)24)22(25)23-12-4-3-5-13-23/h6-11,15,17H,3-5,12-14H2,1-2H3/t17-/m0/s1. The lowest BCUT2D eigenvalue weighted by molar-refractivity contribution is 0.0724. The molecule has 2 aliphatic heterocycles. The van der Waals surface area contributed by atoms with Gasteiger partial charge in [0.15, 0.2) is 0 Å². The van der Waals surface area contributed by atoms with Crippen molar-refractivity contribution in [2.24, 2.45) is 0 Å². The Morgan fingerprint density at radius 3 is 2.36 bits per heavy atom. The Balaban J connectivity index is 1.66. The van der Waals surface area contributed by atoms with Gasteiger partial charge in [0.05, 0.1) is 10.6 Å². The van der Waals surface area contributed by atoms with Crippen molar-refractivity contribution in [1.82, 2.24) is 4.90 Å². The molecule has 5 nitrogen and oxygen atoms in total. The lowest BCUT2D eigenvalue weighted by Gasteiger charge is -2.27. The van der Waals surface area contributed by atoms with Crippen LogP contribution in [0.5, 0.6) is 0 Å². The van der Waals surface area contributed by atoms with E-state index >= 15 is 0 Å². The Morgan fingerprint density at radius 2 is 1.68 bits per heavy atom. The molecule has 2 aliphatic rings. The van der Waals surface area contributed by atoms with Crippen LogP contribution < -0.4 is 4.31 Å². The highest BCUT2D eigenvalue weighted by atomic mass is 32.2. The number of fused-ring (bicyclic) bond motifs is 1. The summed E-state index contributed by atoms with van der Waals surface area (Å²) in [6.45, 7) is 5.46. The van der Waals surface area contributed by atoms with Gasteiger partial charge in [0.1, 0.15) is 0 Å². The third-order valence-electron chi connectivity index (χ3n) is 5.70. The number of benzene rings is 2. The SMILES string of the molecule is Cc1ccc(S(=O)(=O)N2c3ccc(C(=O)N4CCCCC4)cc3C[C@@H]2C)cc1. The van der Waals surface area contributed by atoms with Crippen LogP contribution in [0.4, 0.5) is 5.69 Å². The molecule has 0 aromatic heterocycles. The van der Waals surface area contributed by atoms with E-state index in [0.717, 1.165) is 37.1 Å². The van der Waals surface area contributed by atoms with E-state index < -0.39 is 10.0 Å². The molecule has 0 saturated carbocycles. The molecule has 1 saturated heterocycles. The third kappa shape index (κ3) is 3.30. The minimum Gasteiger partial charge on any atom is -0.339 e. The van der Waals surface area contributed by atoms with Crippen molar-refractivity contribution >= 4 is 21.6 Å². The second-order valence-electron chi connectivity index (χ2n) is 7.86. The monoisotopic (exact) mass is 398 g/mol. The summed E-state index contributed by atoms with van der Waals surface area (Å²) in [7, 11) is -3.63. The zero-order valence-electron chi connectivity index (χ0n) is 16.4. The summed E-state index contributed by atoms with van der Waals surface area (Å²) >= 11 is 0. The van der Waals surface area contributed by atoms with Crippen LogP contribution in [0.1, 0.15) is 47.7 Å². The molecular weight excluding hydrogens is 372 g/mol. The Hall–Kier alpha value is -2.34. The van der Waals surface area contributed by atoms with E-state index in [9.17, 15) is 13.2 Å². The van der Waals surface area contributed by atoms with Crippen molar-refractivity contribution in [1.29, 1.82) is 0 Å². The minimum absolute atomic E-state index is 0.0509. The topological polar surface area (TPSA) is 57.7 Å². The van der Waals surface area contributed by atoms with Crippen LogP contribution in [-0.2, 0) is 16.4 Å². The number of anilines is 1. The molecule has 6 heteroatoms. The number of amides is 1. The number of carbonyl (C=O) groups is 1. The summed E-state index contributed by atoms with van der Waals surface area (Å²) in [5.41, 5.74) is 3.28. The zero-order valence-corrected chi connectivity index (χ0v) is 17.2. The Kier molecular flexibility index (Phi) is 4.91. The summed E-state index contributed by atoms with van der Waals surface area (Å²) in [4.78, 5) is 15.0. The molecule has 1 amide bonds. The van der Waals surface area contributed by atoms with E-state index in [1.807, 2.05) is 36.9 Å². The van der Waals surface area contributed by atoms with Crippen LogP contribution in [0, 0.1) is 6.92 Å². The fourth-order valence-electron chi connectivity index (χ4n) is 4.21. The average molecular weight is 399 g/mol. The predicted octanol–water partition coefficient (Wildman–Crippen LogP) is 3.76. The van der Waals surface area contributed by atoms with Gasteiger partial charge in [0.25, 0.3) is 15.9 Å². The van der Waals surface area contributed by atoms with Gasteiger partial charge >= 0.3 is 0 Å². The zero-order chi connectivity index (χ0) is 19.9. The van der Waals surface area contributed by atoms with E-state index in [1.54, 1.807) is 24.3 Å². The largest absolute Gasteiger partial charge is 0.339 e. The molecule has 1 fully saturated rings. The predicted molar refractivity (Wildman–Crippen MR) is 110 cm³/mol. The molecule has 0 aliphatic carbocycles. The van der Waals surface area contributed by atoms with Crippen LogP contribution in [0.3, 0.4) is 0 Å². The molecule has 0 spiro atoms. The van der Waals surface area contributed by atoms with Crippen molar-refractivity contribution in [3.8, 4) is 0 Å². The number of piperidine rings is 1. The van der Waals surface area contributed by atoms with E-state index in [0.29, 0.717) is 22.6 Å². The maximum Gasteiger partial charge on any atom is 0.264 e. The molecular formula is C22H26N2O3S. The fraction of sp³-hybridized carbons (Fsp3) is 0.409. The first-order chi connectivity index (χ1) is 13.4. The van der Waals surface area contributed by atoms with E-state index in [4.69, 9.17) is 0 Å². The second kappa shape index (κ2) is 7.24. The maximum absolute atomic E-state index is 13.2. The molecule has 0 radical (unpaired) electrons. The van der Waals surface area contributed by atoms with Crippen LogP contribution in [-0.4, -0.2) is 38.4 Å². The van der Waals surface area contributed by atoms with Gasteiger partial charge in [-0.15, -0.1) is 0 Å². The van der Waals surface area contributed by atoms with Gasteiger partial charge in [0, 0.05) is 24.7 Å². The fourth-order valence-corrected chi connectivity index (χ4v) is 5.90. The number of sulfonamides is 1. The first-order valence-corrected chi connectivity index (χ1v) is 11.4. The van der Waals surface area contributed by atoms with Gasteiger partial charge in [-0.2, -0.15) is 0 Å². The average Bonchev–Trinajstić information content (AvgIpc) is 3.04. The first-order valence-electron chi connectivity index (χ1n) is 9.91. The number of likely N-dealkylation sites (tertiary alicyclic amines) is 1. The summed E-state index contributed by atoms with van der Waals surface area (Å²) < 4.78 is 28.0. The molecule has 28 heavy (non-hydrogen) atoms. The van der Waals surface area contributed by atoms with Crippen LogP contribution in [0.25, 0.3) is 0 Å². The summed E-state index contributed by atoms with van der Waals surface area (Å²) in [5, 5.41) is 0. The van der Waals surface area contributed by atoms with Crippen molar-refractivity contribution in [2.75, 3.05) is 17.4 Å². The summed E-state index contributed by atoms with van der Waals surface area (Å²) in [5.74, 6) is 0.0509. The van der Waals surface area contributed by atoms with Gasteiger partial charge in [0.2, 0.25) is 0 Å². The van der Waals surface area contributed by atoms with E-state index in [1.165, 1.54) is 10.7 Å². The molecule has 1 atom stereocenters. The lowest BCUT2D eigenvalue weighted by atomic mass is 10.0. The first kappa shape index (κ1) is 19.0. The second-order valence-corrected chi connectivity index (χ2v) is 9.68. The third-order valence-corrected chi connectivity index (χ3v) is 7.64. The summed E-state index contributed by atoms with van der Waals surface area (Å²) in [6, 6.07) is 12.2. The minimum atomic E-state index is -3.63. The number of nitrogens with zero attached hydrogens (tertiary/aromatic N) is 2. The van der Waals surface area contributed by atoms with Crippen LogP contribution in [0.15, 0.2) is 47.4 Å². The Bertz CT molecular complexity index is 993. The quantitative estimate of drug-likeness (QED) is 0.791. The van der Waals surface area contributed by atoms with Gasteiger partial charge in [-0.1, -0.05) is 17.7 Å². The van der Waals surface area contributed by atoms with Crippen LogP contribution in [0.2, 0.25) is 0 Å². The molecule has 0 N–H and O–H groups in total. The highest BCUT2D eigenvalue weighted by molar-refractivity contribution is 7.92. The Labute approximate surface area is 167 Å².